The van der Waals surface area contributed by atoms with Crippen molar-refractivity contribution in [3.63, 3.8) is 0 Å². The fourth-order valence-corrected chi connectivity index (χ4v) is 4.57. The largest absolute Gasteiger partial charge is 0.490 e. The third-order valence-corrected chi connectivity index (χ3v) is 5.78. The van der Waals surface area contributed by atoms with E-state index in [-0.39, 0.29) is 17.0 Å². The fourth-order valence-electron chi connectivity index (χ4n) is 3.26. The van der Waals surface area contributed by atoms with Crippen LogP contribution in [-0.4, -0.2) is 22.5 Å². The van der Waals surface area contributed by atoms with Crippen molar-refractivity contribution in [2.75, 3.05) is 7.11 Å². The van der Waals surface area contributed by atoms with Gasteiger partial charge in [0.2, 0.25) is 0 Å². The van der Waals surface area contributed by atoms with Gasteiger partial charge in [-0.2, -0.15) is 4.99 Å². The van der Waals surface area contributed by atoms with Crippen molar-refractivity contribution in [1.82, 2.24) is 4.57 Å². The average Bonchev–Trinajstić information content (AvgIpc) is 3.10. The van der Waals surface area contributed by atoms with Crippen LogP contribution in [0.1, 0.15) is 35.5 Å². The number of aryl methyl sites for hydroxylation is 1. The van der Waals surface area contributed by atoms with Crippen LogP contribution in [0.3, 0.4) is 0 Å². The van der Waals surface area contributed by atoms with Crippen LogP contribution in [0.25, 0.3) is 11.3 Å². The number of aromatic nitrogens is 1. The van der Waals surface area contributed by atoms with E-state index in [0.717, 1.165) is 29.0 Å². The summed E-state index contributed by atoms with van der Waals surface area (Å²) in [6.45, 7) is 4.78. The molecule has 7 nitrogen and oxygen atoms in total. The van der Waals surface area contributed by atoms with Gasteiger partial charge in [-0.25, -0.2) is 0 Å². The Morgan fingerprint density at radius 1 is 1.20 bits per heavy atom. The number of nitro groups is 1. The molecule has 1 aromatic heterocycles. The van der Waals surface area contributed by atoms with Gasteiger partial charge < -0.3 is 9.30 Å². The Labute approximate surface area is 178 Å². The number of methoxy groups -OCH3 is 1. The van der Waals surface area contributed by atoms with E-state index < -0.39 is 10.8 Å². The molecule has 0 saturated heterocycles. The lowest BCUT2D eigenvalue weighted by molar-refractivity contribution is -0.385. The molecule has 0 radical (unpaired) electrons. The van der Waals surface area contributed by atoms with Crippen LogP contribution in [0, 0.1) is 10.1 Å². The van der Waals surface area contributed by atoms with Crippen molar-refractivity contribution in [3.8, 4) is 17.0 Å². The van der Waals surface area contributed by atoms with Gasteiger partial charge in [0.15, 0.2) is 10.6 Å². The van der Waals surface area contributed by atoms with Crippen LogP contribution in [0.15, 0.2) is 53.5 Å². The van der Waals surface area contributed by atoms with Crippen LogP contribution in [0.2, 0.25) is 0 Å². The molecule has 0 aliphatic rings. The Morgan fingerprint density at radius 3 is 2.53 bits per heavy atom. The molecule has 0 saturated carbocycles. The number of thiazole rings is 1. The van der Waals surface area contributed by atoms with E-state index in [0.29, 0.717) is 11.3 Å². The van der Waals surface area contributed by atoms with Gasteiger partial charge in [0, 0.05) is 23.1 Å². The van der Waals surface area contributed by atoms with Crippen LogP contribution in [-0.2, 0) is 13.0 Å². The second-order valence-electron chi connectivity index (χ2n) is 6.58. The summed E-state index contributed by atoms with van der Waals surface area (Å²) in [7, 11) is 1.35. The van der Waals surface area contributed by atoms with Gasteiger partial charge in [0.25, 0.3) is 5.91 Å². The van der Waals surface area contributed by atoms with Gasteiger partial charge in [0.05, 0.1) is 17.7 Å². The van der Waals surface area contributed by atoms with Crippen molar-refractivity contribution in [1.29, 1.82) is 0 Å². The maximum Gasteiger partial charge on any atom is 0.311 e. The Hall–Kier alpha value is -3.26. The SMILES string of the molecule is CCCc1sc(=NC(=O)c2ccc(OC)c([N+](=O)[O-])c2)n(CC)c1-c1ccccc1. The molecule has 3 rings (SSSR count). The molecule has 2 aromatic carbocycles. The molecular formula is C22H23N3O4S. The molecule has 0 unspecified atom stereocenters. The highest BCUT2D eigenvalue weighted by molar-refractivity contribution is 7.09. The zero-order valence-corrected chi connectivity index (χ0v) is 17.9. The lowest BCUT2D eigenvalue weighted by atomic mass is 10.1. The lowest BCUT2D eigenvalue weighted by Gasteiger charge is -2.08. The summed E-state index contributed by atoms with van der Waals surface area (Å²) < 4.78 is 7.03. The maximum absolute atomic E-state index is 12.8. The van der Waals surface area contributed by atoms with Crippen molar-refractivity contribution < 1.29 is 14.5 Å². The van der Waals surface area contributed by atoms with E-state index >= 15 is 0 Å². The minimum absolute atomic E-state index is 0.105. The zero-order valence-electron chi connectivity index (χ0n) is 17.1. The third kappa shape index (κ3) is 4.33. The topological polar surface area (TPSA) is 86.7 Å². The predicted octanol–water partition coefficient (Wildman–Crippen LogP) is 4.85. The molecule has 1 heterocycles. The molecule has 0 aliphatic heterocycles. The second-order valence-corrected chi connectivity index (χ2v) is 7.64. The van der Waals surface area contributed by atoms with E-state index in [1.54, 1.807) is 0 Å². The Bertz CT molecular complexity index is 1130. The summed E-state index contributed by atoms with van der Waals surface area (Å²) in [6.07, 6.45) is 1.86. The molecule has 156 valence electrons. The van der Waals surface area contributed by atoms with Gasteiger partial charge in [-0.3, -0.25) is 14.9 Å². The molecule has 3 aromatic rings. The van der Waals surface area contributed by atoms with Crippen LogP contribution in [0.4, 0.5) is 5.69 Å². The number of carbonyl (C=O) groups is 1. The monoisotopic (exact) mass is 425 g/mol. The highest BCUT2D eigenvalue weighted by atomic mass is 32.1. The van der Waals surface area contributed by atoms with E-state index in [2.05, 4.69) is 11.9 Å². The van der Waals surface area contributed by atoms with Crippen molar-refractivity contribution in [2.24, 2.45) is 4.99 Å². The van der Waals surface area contributed by atoms with Gasteiger partial charge in [-0.15, -0.1) is 11.3 Å². The molecule has 0 fully saturated rings. The number of amides is 1. The van der Waals surface area contributed by atoms with Crippen molar-refractivity contribution >= 4 is 22.9 Å². The third-order valence-electron chi connectivity index (χ3n) is 4.64. The summed E-state index contributed by atoms with van der Waals surface area (Å²) in [4.78, 5) is 29.6. The quantitative estimate of drug-likeness (QED) is 0.400. The molecular weight excluding hydrogens is 402 g/mol. The molecule has 0 aliphatic carbocycles. The van der Waals surface area contributed by atoms with Crippen LogP contribution >= 0.6 is 11.3 Å². The summed E-state index contributed by atoms with van der Waals surface area (Å²) in [5, 5.41) is 11.3. The molecule has 30 heavy (non-hydrogen) atoms. The minimum atomic E-state index is -0.570. The number of rotatable bonds is 7. The lowest BCUT2D eigenvalue weighted by Crippen LogP contribution is -2.17. The van der Waals surface area contributed by atoms with E-state index in [1.807, 2.05) is 41.8 Å². The summed E-state index contributed by atoms with van der Waals surface area (Å²) >= 11 is 1.49. The van der Waals surface area contributed by atoms with Crippen LogP contribution < -0.4 is 9.54 Å². The minimum Gasteiger partial charge on any atom is -0.490 e. The summed E-state index contributed by atoms with van der Waals surface area (Å²) in [5.41, 5.74) is 2.03. The number of nitrogens with zero attached hydrogens (tertiary/aromatic N) is 3. The van der Waals surface area contributed by atoms with Crippen molar-refractivity contribution in [3.05, 3.63) is 73.9 Å². The zero-order chi connectivity index (χ0) is 21.7. The second kappa shape index (κ2) is 9.49. The Morgan fingerprint density at radius 2 is 1.93 bits per heavy atom. The first-order valence-electron chi connectivity index (χ1n) is 9.69. The molecule has 1 amide bonds. The number of hydrogen-bond acceptors (Lipinski definition) is 5. The van der Waals surface area contributed by atoms with Gasteiger partial charge in [-0.1, -0.05) is 43.7 Å². The van der Waals surface area contributed by atoms with E-state index in [4.69, 9.17) is 4.74 Å². The average molecular weight is 426 g/mol. The Kier molecular flexibility index (Phi) is 6.79. The predicted molar refractivity (Wildman–Crippen MR) is 117 cm³/mol. The fraction of sp³-hybridized carbons (Fsp3) is 0.273. The smallest absolute Gasteiger partial charge is 0.311 e. The molecule has 0 spiro atoms. The Balaban J connectivity index is 2.12. The first kappa shape index (κ1) is 21.4. The summed E-state index contributed by atoms with van der Waals surface area (Å²) in [5.74, 6) is -0.417. The highest BCUT2D eigenvalue weighted by Crippen LogP contribution is 2.29. The first-order valence-corrected chi connectivity index (χ1v) is 10.5. The first-order chi connectivity index (χ1) is 14.5. The van der Waals surface area contributed by atoms with Gasteiger partial charge >= 0.3 is 5.69 Å². The maximum atomic E-state index is 12.8. The van der Waals surface area contributed by atoms with Gasteiger partial charge in [-0.05, 0) is 31.0 Å². The molecule has 8 heteroatoms. The standard InChI is InChI=1S/C22H23N3O4S/c1-4-9-19-20(15-10-7-6-8-11-15)24(5-2)22(30-19)23-21(26)16-12-13-18(29-3)17(14-16)25(27)28/h6-8,10-14H,4-5,9H2,1-3H3. The molecule has 0 N–H and O–H groups in total. The summed E-state index contributed by atoms with van der Waals surface area (Å²) in [6, 6.07) is 14.2. The number of hydrogen-bond donors (Lipinski definition) is 0. The number of carbonyl (C=O) groups excluding carboxylic acids is 1. The molecule has 0 atom stereocenters. The number of benzene rings is 2. The number of nitro benzene ring substituents is 1. The normalized spacial score (nSPS) is 11.5. The highest BCUT2D eigenvalue weighted by Gasteiger charge is 2.19. The van der Waals surface area contributed by atoms with Gasteiger partial charge in [0.1, 0.15) is 0 Å². The molecule has 0 bridgehead atoms. The number of ether oxygens (including phenoxy) is 1. The van der Waals surface area contributed by atoms with E-state index in [9.17, 15) is 14.9 Å². The van der Waals surface area contributed by atoms with Crippen molar-refractivity contribution in [2.45, 2.75) is 33.2 Å². The van der Waals surface area contributed by atoms with Crippen LogP contribution in [0.5, 0.6) is 5.75 Å². The van der Waals surface area contributed by atoms with E-state index in [1.165, 1.54) is 36.6 Å².